The van der Waals surface area contributed by atoms with Gasteiger partial charge in [-0.3, -0.25) is 9.59 Å². The Kier molecular flexibility index (Phi) is 4.33. The number of nitrogens with zero attached hydrogens (tertiary/aromatic N) is 1. The summed E-state index contributed by atoms with van der Waals surface area (Å²) in [7, 11) is 0. The van der Waals surface area contributed by atoms with Gasteiger partial charge < -0.3 is 10.0 Å². The van der Waals surface area contributed by atoms with Gasteiger partial charge in [-0.05, 0) is 36.6 Å². The van der Waals surface area contributed by atoms with E-state index in [0.29, 0.717) is 23.6 Å². The van der Waals surface area contributed by atoms with Crippen molar-refractivity contribution < 1.29 is 14.7 Å². The molecule has 1 saturated heterocycles. The molecule has 1 amide bonds. The minimum atomic E-state index is -0.890. The topological polar surface area (TPSA) is 57.6 Å². The van der Waals surface area contributed by atoms with Gasteiger partial charge in [0.15, 0.2) is 0 Å². The number of benzene rings is 2. The fraction of sp³-hybridized carbons (Fsp3) is 0.263. The standard InChI is InChI=1S/C19H18ClNO3/c1-19(18(23)24)9-10-21(12-19)17(22)15-11-14(7-8-16(15)20)13-5-3-2-4-6-13/h2-8,11H,9-10,12H2,1H3,(H,23,24). The Morgan fingerprint density at radius 3 is 2.46 bits per heavy atom. The molecule has 0 bridgehead atoms. The molecule has 4 nitrogen and oxygen atoms in total. The van der Waals surface area contributed by atoms with E-state index in [9.17, 15) is 14.7 Å². The number of aliphatic carboxylic acids is 1. The highest BCUT2D eigenvalue weighted by Crippen LogP contribution is 2.33. The second kappa shape index (κ2) is 6.29. The van der Waals surface area contributed by atoms with Gasteiger partial charge in [0.05, 0.1) is 16.0 Å². The summed E-state index contributed by atoms with van der Waals surface area (Å²) in [6.45, 7) is 2.30. The zero-order valence-electron chi connectivity index (χ0n) is 13.3. The van der Waals surface area contributed by atoms with Crippen LogP contribution in [0.25, 0.3) is 11.1 Å². The number of halogens is 1. The molecule has 1 unspecified atom stereocenters. The van der Waals surface area contributed by atoms with E-state index in [1.54, 1.807) is 24.0 Å². The highest BCUT2D eigenvalue weighted by molar-refractivity contribution is 6.34. The molecule has 2 aromatic carbocycles. The molecule has 1 fully saturated rings. The summed E-state index contributed by atoms with van der Waals surface area (Å²) < 4.78 is 0. The third-order valence-corrected chi connectivity index (χ3v) is 4.91. The number of rotatable bonds is 3. The van der Waals surface area contributed by atoms with Gasteiger partial charge >= 0.3 is 5.97 Å². The Labute approximate surface area is 145 Å². The molecular weight excluding hydrogens is 326 g/mol. The summed E-state index contributed by atoms with van der Waals surface area (Å²) in [5, 5.41) is 9.70. The van der Waals surface area contributed by atoms with Crippen molar-refractivity contribution in [3.05, 3.63) is 59.1 Å². The van der Waals surface area contributed by atoms with Gasteiger partial charge in [-0.25, -0.2) is 0 Å². The van der Waals surface area contributed by atoms with E-state index in [1.165, 1.54) is 0 Å². The number of hydrogen-bond acceptors (Lipinski definition) is 2. The molecule has 3 rings (SSSR count). The SMILES string of the molecule is CC1(C(=O)O)CCN(C(=O)c2cc(-c3ccccc3)ccc2Cl)C1. The van der Waals surface area contributed by atoms with Crippen LogP contribution < -0.4 is 0 Å². The second-order valence-corrected chi connectivity index (χ2v) is 6.81. The van der Waals surface area contributed by atoms with Gasteiger partial charge in [0.25, 0.3) is 5.91 Å². The Bertz CT molecular complexity index is 790. The zero-order chi connectivity index (χ0) is 17.3. The largest absolute Gasteiger partial charge is 0.481 e. The summed E-state index contributed by atoms with van der Waals surface area (Å²) in [4.78, 5) is 25.8. The fourth-order valence-electron chi connectivity index (χ4n) is 2.98. The van der Waals surface area contributed by atoms with Crippen molar-refractivity contribution in [1.29, 1.82) is 0 Å². The third-order valence-electron chi connectivity index (χ3n) is 4.58. The lowest BCUT2D eigenvalue weighted by Crippen LogP contribution is -2.35. The Morgan fingerprint density at radius 2 is 1.83 bits per heavy atom. The molecular formula is C19H18ClNO3. The quantitative estimate of drug-likeness (QED) is 0.918. The van der Waals surface area contributed by atoms with E-state index in [2.05, 4.69) is 0 Å². The molecule has 1 heterocycles. The number of carbonyl (C=O) groups excluding carboxylic acids is 1. The van der Waals surface area contributed by atoms with Crippen molar-refractivity contribution in [2.24, 2.45) is 5.41 Å². The van der Waals surface area contributed by atoms with Crippen molar-refractivity contribution in [3.63, 3.8) is 0 Å². The van der Waals surface area contributed by atoms with Crippen molar-refractivity contribution in [2.45, 2.75) is 13.3 Å². The zero-order valence-corrected chi connectivity index (χ0v) is 14.1. The Hall–Kier alpha value is -2.33. The van der Waals surface area contributed by atoms with Gasteiger partial charge in [0.2, 0.25) is 0 Å². The number of carbonyl (C=O) groups is 2. The van der Waals surface area contributed by atoms with Crippen LogP contribution in [0.1, 0.15) is 23.7 Å². The summed E-state index contributed by atoms with van der Waals surface area (Å²) >= 11 is 6.23. The number of likely N-dealkylation sites (tertiary alicyclic amines) is 1. The number of hydrogen-bond donors (Lipinski definition) is 1. The van der Waals surface area contributed by atoms with E-state index in [0.717, 1.165) is 11.1 Å². The van der Waals surface area contributed by atoms with E-state index >= 15 is 0 Å². The van der Waals surface area contributed by atoms with Crippen molar-refractivity contribution >= 4 is 23.5 Å². The van der Waals surface area contributed by atoms with Crippen LogP contribution >= 0.6 is 11.6 Å². The first-order chi connectivity index (χ1) is 11.4. The van der Waals surface area contributed by atoms with Crippen LogP contribution in [0.5, 0.6) is 0 Å². The van der Waals surface area contributed by atoms with Gasteiger partial charge in [-0.1, -0.05) is 48.0 Å². The first-order valence-corrected chi connectivity index (χ1v) is 8.16. The van der Waals surface area contributed by atoms with E-state index < -0.39 is 11.4 Å². The summed E-state index contributed by atoms with van der Waals surface area (Å²) in [6, 6.07) is 15.1. The molecule has 1 aliphatic rings. The first kappa shape index (κ1) is 16.5. The van der Waals surface area contributed by atoms with Gasteiger partial charge in [0.1, 0.15) is 0 Å². The van der Waals surface area contributed by atoms with Crippen molar-refractivity contribution in [3.8, 4) is 11.1 Å². The molecule has 2 aromatic rings. The van der Waals surface area contributed by atoms with Crippen LogP contribution in [0.3, 0.4) is 0 Å². The lowest BCUT2D eigenvalue weighted by molar-refractivity contribution is -0.147. The monoisotopic (exact) mass is 343 g/mol. The molecule has 24 heavy (non-hydrogen) atoms. The number of carboxylic acids is 1. The maximum atomic E-state index is 12.8. The lowest BCUT2D eigenvalue weighted by Gasteiger charge is -2.21. The molecule has 1 atom stereocenters. The van der Waals surface area contributed by atoms with Gasteiger partial charge in [0, 0.05) is 13.1 Å². The lowest BCUT2D eigenvalue weighted by atomic mass is 9.90. The maximum Gasteiger partial charge on any atom is 0.311 e. The number of amides is 1. The van der Waals surface area contributed by atoms with E-state index in [-0.39, 0.29) is 12.5 Å². The van der Waals surface area contributed by atoms with Crippen LogP contribution in [0.4, 0.5) is 0 Å². The minimum absolute atomic E-state index is 0.201. The Balaban J connectivity index is 1.90. The molecule has 0 aliphatic carbocycles. The summed E-state index contributed by atoms with van der Waals surface area (Å²) in [5.41, 5.74) is 1.43. The van der Waals surface area contributed by atoms with Crippen LogP contribution in [0, 0.1) is 5.41 Å². The molecule has 0 saturated carbocycles. The fourth-order valence-corrected chi connectivity index (χ4v) is 3.18. The van der Waals surface area contributed by atoms with Crippen molar-refractivity contribution in [2.75, 3.05) is 13.1 Å². The van der Waals surface area contributed by atoms with Crippen LogP contribution in [0.15, 0.2) is 48.5 Å². The van der Waals surface area contributed by atoms with Gasteiger partial charge in [-0.2, -0.15) is 0 Å². The van der Waals surface area contributed by atoms with Crippen molar-refractivity contribution in [1.82, 2.24) is 4.90 Å². The molecule has 0 radical (unpaired) electrons. The van der Waals surface area contributed by atoms with Crippen LogP contribution in [-0.2, 0) is 4.79 Å². The third kappa shape index (κ3) is 3.02. The van der Waals surface area contributed by atoms with Crippen LogP contribution in [0.2, 0.25) is 5.02 Å². The van der Waals surface area contributed by atoms with Gasteiger partial charge in [-0.15, -0.1) is 0 Å². The minimum Gasteiger partial charge on any atom is -0.481 e. The predicted octanol–water partition coefficient (Wildman–Crippen LogP) is 3.94. The predicted molar refractivity (Wildman–Crippen MR) is 93.2 cm³/mol. The summed E-state index contributed by atoms with van der Waals surface area (Å²) in [5.74, 6) is -1.09. The maximum absolute atomic E-state index is 12.8. The number of carboxylic acid groups (broad SMARTS) is 1. The smallest absolute Gasteiger partial charge is 0.311 e. The molecule has 0 spiro atoms. The first-order valence-electron chi connectivity index (χ1n) is 7.78. The van der Waals surface area contributed by atoms with Crippen LogP contribution in [-0.4, -0.2) is 35.0 Å². The normalized spacial score (nSPS) is 20.2. The highest BCUT2D eigenvalue weighted by Gasteiger charge is 2.42. The molecule has 1 N–H and O–H groups in total. The average Bonchev–Trinajstić information content (AvgIpc) is 2.99. The van der Waals surface area contributed by atoms with E-state index in [4.69, 9.17) is 11.6 Å². The Morgan fingerprint density at radius 1 is 1.12 bits per heavy atom. The molecule has 1 aliphatic heterocycles. The van der Waals surface area contributed by atoms with E-state index in [1.807, 2.05) is 36.4 Å². The second-order valence-electron chi connectivity index (χ2n) is 6.40. The summed E-state index contributed by atoms with van der Waals surface area (Å²) in [6.07, 6.45) is 0.448. The molecule has 5 heteroatoms. The average molecular weight is 344 g/mol. The molecule has 124 valence electrons. The molecule has 0 aromatic heterocycles. The highest BCUT2D eigenvalue weighted by atomic mass is 35.5.